The molecule has 142 valence electrons. The van der Waals surface area contributed by atoms with Crippen molar-refractivity contribution in [3.63, 3.8) is 0 Å². The summed E-state index contributed by atoms with van der Waals surface area (Å²) in [6.07, 6.45) is 4.68. The minimum Gasteiger partial charge on any atom is -0.380 e. The Morgan fingerprint density at radius 3 is 2.58 bits per heavy atom. The van der Waals surface area contributed by atoms with E-state index in [4.69, 9.17) is 4.74 Å². The first-order chi connectivity index (χ1) is 12.6. The van der Waals surface area contributed by atoms with Crippen LogP contribution in [0.2, 0.25) is 0 Å². The van der Waals surface area contributed by atoms with Gasteiger partial charge in [-0.25, -0.2) is 0 Å². The average molecular weight is 358 g/mol. The highest BCUT2D eigenvalue weighted by molar-refractivity contribution is 5.95. The summed E-state index contributed by atoms with van der Waals surface area (Å²) in [7, 11) is 0. The third-order valence-electron chi connectivity index (χ3n) is 5.43. The molecule has 1 aliphatic heterocycles. The van der Waals surface area contributed by atoms with Gasteiger partial charge in [0.25, 0.3) is 5.91 Å². The quantitative estimate of drug-likeness (QED) is 0.840. The van der Waals surface area contributed by atoms with Crippen LogP contribution in [0.3, 0.4) is 0 Å². The van der Waals surface area contributed by atoms with Gasteiger partial charge in [-0.3, -0.25) is 9.59 Å². The zero-order valence-electron chi connectivity index (χ0n) is 15.9. The molecule has 26 heavy (non-hydrogen) atoms. The number of ether oxygens (including phenoxy) is 1. The first-order valence-corrected chi connectivity index (χ1v) is 9.81. The summed E-state index contributed by atoms with van der Waals surface area (Å²) in [6, 6.07) is 5.97. The van der Waals surface area contributed by atoms with Crippen molar-refractivity contribution >= 4 is 11.8 Å². The largest absolute Gasteiger partial charge is 0.380 e. The molecule has 5 heteroatoms. The van der Waals surface area contributed by atoms with Crippen LogP contribution in [0.25, 0.3) is 0 Å². The summed E-state index contributed by atoms with van der Waals surface area (Å²) in [5.74, 6) is -0.00382. The normalized spacial score (nSPS) is 25.0. The number of fused-ring (bicyclic) bond motifs is 1. The molecule has 0 radical (unpaired) electrons. The van der Waals surface area contributed by atoms with Crippen molar-refractivity contribution in [1.82, 2.24) is 10.2 Å². The van der Waals surface area contributed by atoms with Crippen molar-refractivity contribution in [1.29, 1.82) is 0 Å². The second-order valence-corrected chi connectivity index (χ2v) is 7.59. The van der Waals surface area contributed by atoms with E-state index in [1.165, 1.54) is 0 Å². The number of nitrogens with one attached hydrogen (secondary N) is 1. The van der Waals surface area contributed by atoms with Crippen LogP contribution in [0, 0.1) is 19.8 Å². The fourth-order valence-electron chi connectivity index (χ4n) is 4.29. The average Bonchev–Trinajstić information content (AvgIpc) is 2.65. The fourth-order valence-corrected chi connectivity index (χ4v) is 4.29. The van der Waals surface area contributed by atoms with Crippen LogP contribution in [-0.4, -0.2) is 49.1 Å². The number of benzene rings is 1. The number of amides is 2. The van der Waals surface area contributed by atoms with Crippen LogP contribution in [-0.2, 0) is 9.53 Å². The number of rotatable bonds is 1. The molecule has 2 amide bonds. The molecule has 1 aromatic carbocycles. The van der Waals surface area contributed by atoms with Crippen LogP contribution in [0.15, 0.2) is 18.2 Å². The number of carbonyl (C=O) groups excluding carboxylic acids is 2. The van der Waals surface area contributed by atoms with Crippen molar-refractivity contribution in [3.05, 3.63) is 34.9 Å². The third kappa shape index (κ3) is 4.44. The molecule has 1 N–H and O–H groups in total. The number of hydrogen-bond donors (Lipinski definition) is 1. The number of aryl methyl sites for hydroxylation is 2. The molecule has 1 aliphatic carbocycles. The maximum absolute atomic E-state index is 13.4. The molecule has 1 heterocycles. The summed E-state index contributed by atoms with van der Waals surface area (Å²) in [6.45, 7) is 6.37. The van der Waals surface area contributed by atoms with E-state index in [0.29, 0.717) is 26.3 Å². The highest BCUT2D eigenvalue weighted by Gasteiger charge is 2.37. The molecule has 2 atom stereocenters. The molecular formula is C21H30N2O3. The lowest BCUT2D eigenvalue weighted by molar-refractivity contribution is -0.128. The monoisotopic (exact) mass is 358 g/mol. The number of carbonyl (C=O) groups is 2. The summed E-state index contributed by atoms with van der Waals surface area (Å²) in [4.78, 5) is 28.0. The fraction of sp³-hybridized carbons (Fsp3) is 0.619. The second-order valence-electron chi connectivity index (χ2n) is 7.59. The van der Waals surface area contributed by atoms with Crippen LogP contribution < -0.4 is 5.32 Å². The molecule has 5 nitrogen and oxygen atoms in total. The zero-order valence-corrected chi connectivity index (χ0v) is 15.9. The summed E-state index contributed by atoms with van der Waals surface area (Å²) >= 11 is 0. The van der Waals surface area contributed by atoms with Gasteiger partial charge in [0.15, 0.2) is 0 Å². The van der Waals surface area contributed by atoms with Gasteiger partial charge in [0, 0.05) is 31.3 Å². The maximum atomic E-state index is 13.4. The SMILES string of the molecule is Cc1cc(C)cc(C(=O)N2CCCOCCNC(=O)[C@@H]3CCCC[C@@H]32)c1. The molecule has 2 aliphatic rings. The van der Waals surface area contributed by atoms with Gasteiger partial charge in [-0.2, -0.15) is 0 Å². The van der Waals surface area contributed by atoms with Gasteiger partial charge in [0.05, 0.1) is 12.5 Å². The molecular weight excluding hydrogens is 328 g/mol. The summed E-state index contributed by atoms with van der Waals surface area (Å²) in [5.41, 5.74) is 2.91. The van der Waals surface area contributed by atoms with Gasteiger partial charge >= 0.3 is 0 Å². The van der Waals surface area contributed by atoms with Crippen molar-refractivity contribution in [3.8, 4) is 0 Å². The molecule has 1 saturated carbocycles. The minimum atomic E-state index is -0.114. The Kier molecular flexibility index (Phi) is 6.30. The van der Waals surface area contributed by atoms with E-state index in [9.17, 15) is 9.59 Å². The Morgan fingerprint density at radius 1 is 1.08 bits per heavy atom. The van der Waals surface area contributed by atoms with Gasteiger partial charge in [-0.15, -0.1) is 0 Å². The first-order valence-electron chi connectivity index (χ1n) is 9.81. The minimum absolute atomic E-state index is 0.0184. The summed E-state index contributed by atoms with van der Waals surface area (Å²) in [5, 5.41) is 2.99. The summed E-state index contributed by atoms with van der Waals surface area (Å²) < 4.78 is 5.59. The standard InChI is InChI=1S/C21H30N2O3/c1-15-12-16(2)14-17(13-15)21(25)23-9-5-10-26-11-8-22-20(24)18-6-3-4-7-19(18)23/h12-14,18-19H,3-11H2,1-2H3,(H,22,24)/t18-,19+/m1/s1. The lowest BCUT2D eigenvalue weighted by atomic mass is 9.82. The van der Waals surface area contributed by atoms with Gasteiger partial charge in [-0.05, 0) is 45.2 Å². The van der Waals surface area contributed by atoms with E-state index < -0.39 is 0 Å². The molecule has 1 aromatic rings. The highest BCUT2D eigenvalue weighted by Crippen LogP contribution is 2.30. The molecule has 1 saturated heterocycles. The van der Waals surface area contributed by atoms with E-state index in [-0.39, 0.29) is 23.8 Å². The predicted molar refractivity (Wildman–Crippen MR) is 101 cm³/mol. The Balaban J connectivity index is 1.90. The van der Waals surface area contributed by atoms with Crippen molar-refractivity contribution in [2.24, 2.45) is 5.92 Å². The third-order valence-corrected chi connectivity index (χ3v) is 5.43. The molecule has 2 fully saturated rings. The number of nitrogens with zero attached hydrogens (tertiary/aromatic N) is 1. The van der Waals surface area contributed by atoms with Gasteiger partial charge in [-0.1, -0.05) is 30.0 Å². The molecule has 0 bridgehead atoms. The highest BCUT2D eigenvalue weighted by atomic mass is 16.5. The van der Waals surface area contributed by atoms with E-state index in [0.717, 1.165) is 48.8 Å². The van der Waals surface area contributed by atoms with Crippen molar-refractivity contribution in [2.75, 3.05) is 26.3 Å². The number of hydrogen-bond acceptors (Lipinski definition) is 3. The smallest absolute Gasteiger partial charge is 0.254 e. The zero-order chi connectivity index (χ0) is 18.5. The Labute approximate surface area is 156 Å². The molecule has 0 aromatic heterocycles. The van der Waals surface area contributed by atoms with Gasteiger partial charge in [0.1, 0.15) is 0 Å². The Hall–Kier alpha value is -1.88. The Bertz CT molecular complexity index is 638. The predicted octanol–water partition coefficient (Wildman–Crippen LogP) is 2.84. The van der Waals surface area contributed by atoms with E-state index in [1.807, 2.05) is 30.9 Å². The van der Waals surface area contributed by atoms with Crippen molar-refractivity contribution in [2.45, 2.75) is 52.0 Å². The van der Waals surface area contributed by atoms with Crippen LogP contribution >= 0.6 is 0 Å². The van der Waals surface area contributed by atoms with E-state index in [1.54, 1.807) is 0 Å². The van der Waals surface area contributed by atoms with Crippen LogP contribution in [0.5, 0.6) is 0 Å². The first kappa shape index (κ1) is 18.9. The molecule has 0 spiro atoms. The van der Waals surface area contributed by atoms with Gasteiger partial charge < -0.3 is 15.0 Å². The topological polar surface area (TPSA) is 58.6 Å². The van der Waals surface area contributed by atoms with Crippen LogP contribution in [0.4, 0.5) is 0 Å². The van der Waals surface area contributed by atoms with E-state index >= 15 is 0 Å². The lowest BCUT2D eigenvalue weighted by Gasteiger charge is -2.39. The van der Waals surface area contributed by atoms with Crippen LogP contribution in [0.1, 0.15) is 53.6 Å². The molecule has 0 unspecified atom stereocenters. The van der Waals surface area contributed by atoms with Gasteiger partial charge in [0.2, 0.25) is 5.91 Å². The lowest BCUT2D eigenvalue weighted by Crippen LogP contribution is -2.51. The van der Waals surface area contributed by atoms with Crippen molar-refractivity contribution < 1.29 is 14.3 Å². The molecule has 3 rings (SSSR count). The van der Waals surface area contributed by atoms with E-state index in [2.05, 4.69) is 11.4 Å². The second kappa shape index (κ2) is 8.67. The Morgan fingerprint density at radius 2 is 1.81 bits per heavy atom. The maximum Gasteiger partial charge on any atom is 0.254 e.